The number of hydrogen-bond acceptors (Lipinski definition) is 3. The number of nitrogens with two attached hydrogens (primary N) is 1. The van der Waals surface area contributed by atoms with Gasteiger partial charge in [0.1, 0.15) is 5.75 Å². The number of benzene rings is 2. The summed E-state index contributed by atoms with van der Waals surface area (Å²) in [5.41, 5.74) is 8.80. The Labute approximate surface area is 136 Å². The van der Waals surface area contributed by atoms with Crippen LogP contribution in [0.5, 0.6) is 5.75 Å². The summed E-state index contributed by atoms with van der Waals surface area (Å²) < 4.78 is 7.62. The average molecular weight is 362 g/mol. The zero-order chi connectivity index (χ0) is 14.8. The quantitative estimate of drug-likeness (QED) is 0.715. The summed E-state index contributed by atoms with van der Waals surface area (Å²) in [5, 5.41) is 3.51. The highest BCUT2D eigenvalue weighted by Gasteiger charge is 2.14. The minimum absolute atomic E-state index is 0.0625. The molecule has 1 aromatic heterocycles. The number of halogens is 1. The van der Waals surface area contributed by atoms with E-state index in [0.29, 0.717) is 0 Å². The van der Waals surface area contributed by atoms with E-state index in [2.05, 4.69) is 45.6 Å². The fraction of sp³-hybridized carbons (Fsp3) is 0.176. The van der Waals surface area contributed by atoms with Crippen molar-refractivity contribution in [2.75, 3.05) is 7.11 Å². The number of ether oxygens (including phenoxy) is 1. The number of fused-ring (bicyclic) bond motifs is 1. The Morgan fingerprint density at radius 2 is 2.05 bits per heavy atom. The Balaban J connectivity index is 1.91. The van der Waals surface area contributed by atoms with Gasteiger partial charge in [-0.1, -0.05) is 34.1 Å². The number of rotatable bonds is 4. The summed E-state index contributed by atoms with van der Waals surface area (Å²) in [4.78, 5) is 0. The molecule has 2 aromatic carbocycles. The molecule has 21 heavy (non-hydrogen) atoms. The molecule has 3 rings (SSSR count). The topological polar surface area (TPSA) is 35.2 Å². The van der Waals surface area contributed by atoms with Crippen LogP contribution in [0.15, 0.2) is 52.3 Å². The van der Waals surface area contributed by atoms with Crippen LogP contribution in [0.2, 0.25) is 0 Å². The van der Waals surface area contributed by atoms with Crippen molar-refractivity contribution in [2.24, 2.45) is 5.73 Å². The molecular weight excluding hydrogens is 346 g/mol. The van der Waals surface area contributed by atoms with E-state index in [1.165, 1.54) is 15.6 Å². The van der Waals surface area contributed by atoms with Gasteiger partial charge in [0.05, 0.1) is 7.11 Å². The van der Waals surface area contributed by atoms with Crippen LogP contribution in [0.25, 0.3) is 10.1 Å². The molecule has 2 N–H and O–H groups in total. The van der Waals surface area contributed by atoms with Crippen molar-refractivity contribution in [2.45, 2.75) is 12.5 Å². The summed E-state index contributed by atoms with van der Waals surface area (Å²) in [6.45, 7) is 0. The fourth-order valence-electron chi connectivity index (χ4n) is 2.47. The Hall–Kier alpha value is -1.36. The zero-order valence-corrected chi connectivity index (χ0v) is 14.1. The third-order valence-electron chi connectivity index (χ3n) is 3.60. The monoisotopic (exact) mass is 361 g/mol. The van der Waals surface area contributed by atoms with Crippen LogP contribution in [-0.2, 0) is 6.42 Å². The highest BCUT2D eigenvalue weighted by molar-refractivity contribution is 9.10. The average Bonchev–Trinajstić information content (AvgIpc) is 2.91. The van der Waals surface area contributed by atoms with Gasteiger partial charge in [-0.15, -0.1) is 11.3 Å². The first kappa shape index (κ1) is 14.6. The Bertz CT molecular complexity index is 768. The molecule has 0 aliphatic rings. The van der Waals surface area contributed by atoms with Crippen molar-refractivity contribution < 1.29 is 4.74 Å². The molecule has 1 atom stereocenters. The Morgan fingerprint density at radius 3 is 2.86 bits per heavy atom. The smallest absolute Gasteiger partial charge is 0.119 e. The first-order valence-electron chi connectivity index (χ1n) is 6.73. The molecule has 108 valence electrons. The lowest BCUT2D eigenvalue weighted by atomic mass is 9.99. The predicted molar refractivity (Wildman–Crippen MR) is 93.2 cm³/mol. The maximum atomic E-state index is 6.42. The van der Waals surface area contributed by atoms with Gasteiger partial charge in [-0.3, -0.25) is 0 Å². The van der Waals surface area contributed by atoms with Gasteiger partial charge < -0.3 is 10.5 Å². The maximum absolute atomic E-state index is 6.42. The van der Waals surface area contributed by atoms with Gasteiger partial charge in [-0.2, -0.15) is 0 Å². The SMILES string of the molecule is COc1ccc(Br)c(C(N)Cc2csc3ccccc23)c1. The highest BCUT2D eigenvalue weighted by Crippen LogP contribution is 2.32. The van der Waals surface area contributed by atoms with Crippen LogP contribution in [0.4, 0.5) is 0 Å². The second-order valence-corrected chi connectivity index (χ2v) is 6.72. The van der Waals surface area contributed by atoms with Crippen molar-refractivity contribution in [1.82, 2.24) is 0 Å². The van der Waals surface area contributed by atoms with E-state index in [1.54, 1.807) is 18.4 Å². The number of hydrogen-bond donors (Lipinski definition) is 1. The maximum Gasteiger partial charge on any atom is 0.119 e. The molecule has 0 aliphatic heterocycles. The number of methoxy groups -OCH3 is 1. The van der Waals surface area contributed by atoms with Gasteiger partial charge in [0.15, 0.2) is 0 Å². The van der Waals surface area contributed by atoms with Crippen LogP contribution in [0.1, 0.15) is 17.2 Å². The van der Waals surface area contributed by atoms with E-state index in [-0.39, 0.29) is 6.04 Å². The molecule has 0 amide bonds. The van der Waals surface area contributed by atoms with Crippen LogP contribution in [0, 0.1) is 0 Å². The normalized spacial score (nSPS) is 12.5. The summed E-state index contributed by atoms with van der Waals surface area (Å²) in [7, 11) is 1.67. The Kier molecular flexibility index (Phi) is 4.29. The molecule has 4 heteroatoms. The van der Waals surface area contributed by atoms with Crippen molar-refractivity contribution in [3.8, 4) is 5.75 Å². The molecule has 0 saturated heterocycles. The predicted octanol–water partition coefficient (Wildman–Crippen LogP) is 4.91. The lowest BCUT2D eigenvalue weighted by Gasteiger charge is -2.15. The standard InChI is InChI=1S/C17H16BrNOS/c1-20-12-6-7-15(18)14(9-12)16(19)8-11-10-21-17-5-3-2-4-13(11)17/h2-7,9-10,16H,8,19H2,1H3. The molecule has 0 saturated carbocycles. The van der Waals surface area contributed by atoms with E-state index in [1.807, 2.05) is 18.2 Å². The van der Waals surface area contributed by atoms with Gasteiger partial charge in [0, 0.05) is 15.2 Å². The zero-order valence-electron chi connectivity index (χ0n) is 11.7. The second-order valence-electron chi connectivity index (χ2n) is 4.96. The van der Waals surface area contributed by atoms with Gasteiger partial charge in [0.25, 0.3) is 0 Å². The van der Waals surface area contributed by atoms with Crippen LogP contribution >= 0.6 is 27.3 Å². The van der Waals surface area contributed by atoms with E-state index in [4.69, 9.17) is 10.5 Å². The summed E-state index contributed by atoms with van der Waals surface area (Å²) in [5.74, 6) is 0.832. The molecule has 0 radical (unpaired) electrons. The largest absolute Gasteiger partial charge is 0.497 e. The highest BCUT2D eigenvalue weighted by atomic mass is 79.9. The van der Waals surface area contributed by atoms with E-state index in [0.717, 1.165) is 22.2 Å². The molecule has 3 aromatic rings. The van der Waals surface area contributed by atoms with Crippen LogP contribution < -0.4 is 10.5 Å². The van der Waals surface area contributed by atoms with Gasteiger partial charge in [-0.05, 0) is 52.6 Å². The molecule has 0 bridgehead atoms. The van der Waals surface area contributed by atoms with E-state index >= 15 is 0 Å². The molecule has 2 nitrogen and oxygen atoms in total. The van der Waals surface area contributed by atoms with Gasteiger partial charge in [-0.25, -0.2) is 0 Å². The van der Waals surface area contributed by atoms with Crippen LogP contribution in [-0.4, -0.2) is 7.11 Å². The lowest BCUT2D eigenvalue weighted by Crippen LogP contribution is -2.14. The van der Waals surface area contributed by atoms with Gasteiger partial charge in [0.2, 0.25) is 0 Å². The van der Waals surface area contributed by atoms with Gasteiger partial charge >= 0.3 is 0 Å². The number of thiophene rings is 1. The third-order valence-corrected chi connectivity index (χ3v) is 5.34. The van der Waals surface area contributed by atoms with Crippen molar-refractivity contribution >= 4 is 37.4 Å². The first-order valence-corrected chi connectivity index (χ1v) is 8.40. The minimum atomic E-state index is -0.0625. The molecule has 1 heterocycles. The fourth-order valence-corrected chi connectivity index (χ4v) is 3.99. The summed E-state index contributed by atoms with van der Waals surface area (Å²) in [6, 6.07) is 14.3. The molecule has 1 unspecified atom stereocenters. The molecule has 0 aliphatic carbocycles. The lowest BCUT2D eigenvalue weighted by molar-refractivity contribution is 0.413. The Morgan fingerprint density at radius 1 is 1.24 bits per heavy atom. The van der Waals surface area contributed by atoms with Crippen molar-refractivity contribution in [3.05, 3.63) is 63.4 Å². The molecule has 0 fully saturated rings. The molecule has 0 spiro atoms. The summed E-state index contributed by atoms with van der Waals surface area (Å²) in [6.07, 6.45) is 0.815. The first-order chi connectivity index (χ1) is 10.2. The minimum Gasteiger partial charge on any atom is -0.497 e. The van der Waals surface area contributed by atoms with Crippen molar-refractivity contribution in [3.63, 3.8) is 0 Å². The van der Waals surface area contributed by atoms with E-state index in [9.17, 15) is 0 Å². The third kappa shape index (κ3) is 2.98. The van der Waals surface area contributed by atoms with E-state index < -0.39 is 0 Å². The summed E-state index contributed by atoms with van der Waals surface area (Å²) >= 11 is 5.35. The second kappa shape index (κ2) is 6.18. The molecular formula is C17H16BrNOS. The van der Waals surface area contributed by atoms with Crippen molar-refractivity contribution in [1.29, 1.82) is 0 Å². The van der Waals surface area contributed by atoms with Crippen LogP contribution in [0.3, 0.4) is 0 Å².